The number of aromatic nitrogens is 1. The van der Waals surface area contributed by atoms with E-state index >= 15 is 0 Å². The molecular formula is C10H17N3O2S. The molecule has 0 amide bonds. The summed E-state index contributed by atoms with van der Waals surface area (Å²) in [6, 6.07) is 0. The number of aliphatic hydroxyl groups is 1. The lowest BCUT2D eigenvalue weighted by Crippen LogP contribution is -2.34. The van der Waals surface area contributed by atoms with Gasteiger partial charge in [0.2, 0.25) is 0 Å². The Hall–Kier alpha value is -1.01. The lowest BCUT2D eigenvalue weighted by molar-refractivity contribution is 0.203. The molecule has 1 aromatic rings. The molecule has 0 atom stereocenters. The van der Waals surface area contributed by atoms with E-state index in [0.717, 1.165) is 30.9 Å². The van der Waals surface area contributed by atoms with Gasteiger partial charge in [0.15, 0.2) is 16.6 Å². The molecule has 0 spiro atoms. The molecule has 0 saturated carbocycles. The Bertz CT molecular complexity index is 348. The summed E-state index contributed by atoms with van der Waals surface area (Å²) < 4.78 is 9.36. The summed E-state index contributed by atoms with van der Waals surface area (Å²) in [6.07, 6.45) is 2.02. The Labute approximate surface area is 99.0 Å². The van der Waals surface area contributed by atoms with Gasteiger partial charge >= 0.3 is 0 Å². The Morgan fingerprint density at radius 3 is 2.81 bits per heavy atom. The summed E-state index contributed by atoms with van der Waals surface area (Å²) in [5, 5.41) is 10.1. The SMILES string of the molecule is COc1c(N)nsc1N1CCC(CO)CC1. The molecule has 2 rings (SSSR count). The highest BCUT2D eigenvalue weighted by molar-refractivity contribution is 7.11. The third kappa shape index (κ3) is 2.08. The largest absolute Gasteiger partial charge is 0.490 e. The smallest absolute Gasteiger partial charge is 0.197 e. The summed E-state index contributed by atoms with van der Waals surface area (Å²) in [5.74, 6) is 1.59. The number of piperidine rings is 1. The highest BCUT2D eigenvalue weighted by atomic mass is 32.1. The third-order valence-corrected chi connectivity index (χ3v) is 3.93. The molecule has 5 nitrogen and oxygen atoms in total. The first kappa shape index (κ1) is 11.5. The fourth-order valence-electron chi connectivity index (χ4n) is 2.00. The van der Waals surface area contributed by atoms with Crippen LogP contribution in [0.5, 0.6) is 5.75 Å². The molecule has 2 heterocycles. The molecule has 16 heavy (non-hydrogen) atoms. The van der Waals surface area contributed by atoms with Gasteiger partial charge in [0, 0.05) is 19.7 Å². The van der Waals surface area contributed by atoms with Crippen molar-refractivity contribution in [2.45, 2.75) is 12.8 Å². The van der Waals surface area contributed by atoms with E-state index in [0.29, 0.717) is 17.5 Å². The predicted molar refractivity (Wildman–Crippen MR) is 65.1 cm³/mol. The fraction of sp³-hybridized carbons (Fsp3) is 0.700. The summed E-state index contributed by atoms with van der Waals surface area (Å²) in [4.78, 5) is 2.24. The van der Waals surface area contributed by atoms with Crippen LogP contribution >= 0.6 is 11.5 Å². The average Bonchev–Trinajstić information content (AvgIpc) is 2.70. The van der Waals surface area contributed by atoms with Gasteiger partial charge in [0.25, 0.3) is 0 Å². The molecule has 1 aromatic heterocycles. The van der Waals surface area contributed by atoms with E-state index in [1.54, 1.807) is 7.11 Å². The van der Waals surface area contributed by atoms with Crippen LogP contribution in [0.3, 0.4) is 0 Å². The Balaban J connectivity index is 2.08. The van der Waals surface area contributed by atoms with Crippen molar-refractivity contribution < 1.29 is 9.84 Å². The maximum Gasteiger partial charge on any atom is 0.197 e. The van der Waals surface area contributed by atoms with Crippen LogP contribution in [0, 0.1) is 5.92 Å². The second-order valence-electron chi connectivity index (χ2n) is 4.02. The first-order valence-corrected chi connectivity index (χ1v) is 6.18. The van der Waals surface area contributed by atoms with Gasteiger partial charge in [-0.3, -0.25) is 0 Å². The highest BCUT2D eigenvalue weighted by Gasteiger charge is 2.23. The maximum atomic E-state index is 9.08. The van der Waals surface area contributed by atoms with Crippen LogP contribution in [-0.2, 0) is 0 Å². The Morgan fingerprint density at radius 1 is 1.56 bits per heavy atom. The molecule has 0 radical (unpaired) electrons. The zero-order chi connectivity index (χ0) is 11.5. The average molecular weight is 243 g/mol. The van der Waals surface area contributed by atoms with Crippen molar-refractivity contribution in [3.63, 3.8) is 0 Å². The van der Waals surface area contributed by atoms with Gasteiger partial charge in [-0.05, 0) is 30.3 Å². The lowest BCUT2D eigenvalue weighted by atomic mass is 9.98. The number of nitrogens with zero attached hydrogens (tertiary/aromatic N) is 2. The monoisotopic (exact) mass is 243 g/mol. The molecule has 0 aromatic carbocycles. The molecule has 0 aliphatic carbocycles. The Morgan fingerprint density at radius 2 is 2.25 bits per heavy atom. The second kappa shape index (κ2) is 4.88. The number of aliphatic hydroxyl groups excluding tert-OH is 1. The van der Waals surface area contributed by atoms with Gasteiger partial charge in [0.05, 0.1) is 7.11 Å². The minimum atomic E-state index is 0.288. The van der Waals surface area contributed by atoms with Crippen molar-refractivity contribution in [2.75, 3.05) is 37.4 Å². The van der Waals surface area contributed by atoms with Crippen LogP contribution in [-0.4, -0.2) is 36.3 Å². The highest BCUT2D eigenvalue weighted by Crippen LogP contribution is 2.39. The lowest BCUT2D eigenvalue weighted by Gasteiger charge is -2.31. The quantitative estimate of drug-likeness (QED) is 0.826. The molecule has 6 heteroatoms. The van der Waals surface area contributed by atoms with E-state index in [1.807, 2.05) is 0 Å². The molecule has 1 fully saturated rings. The van der Waals surface area contributed by atoms with Crippen molar-refractivity contribution in [2.24, 2.45) is 5.92 Å². The number of methoxy groups -OCH3 is 1. The van der Waals surface area contributed by atoms with E-state index < -0.39 is 0 Å². The number of rotatable bonds is 3. The summed E-state index contributed by atoms with van der Waals surface area (Å²) in [7, 11) is 1.62. The van der Waals surface area contributed by atoms with Gasteiger partial charge in [-0.15, -0.1) is 0 Å². The minimum Gasteiger partial charge on any atom is -0.490 e. The summed E-state index contributed by atoms with van der Waals surface area (Å²) in [6.45, 7) is 2.16. The van der Waals surface area contributed by atoms with Crippen molar-refractivity contribution in [3.8, 4) is 5.75 Å². The zero-order valence-corrected chi connectivity index (χ0v) is 10.2. The molecule has 0 unspecified atom stereocenters. The topological polar surface area (TPSA) is 71.6 Å². The van der Waals surface area contributed by atoms with E-state index in [-0.39, 0.29) is 6.61 Å². The number of nitrogen functional groups attached to an aromatic ring is 1. The van der Waals surface area contributed by atoms with Gasteiger partial charge in [0.1, 0.15) is 0 Å². The van der Waals surface area contributed by atoms with Crippen LogP contribution in [0.4, 0.5) is 10.8 Å². The van der Waals surface area contributed by atoms with E-state index in [1.165, 1.54) is 11.5 Å². The first-order chi connectivity index (χ1) is 7.76. The van der Waals surface area contributed by atoms with Crippen molar-refractivity contribution in [1.82, 2.24) is 4.37 Å². The molecule has 90 valence electrons. The molecule has 3 N–H and O–H groups in total. The van der Waals surface area contributed by atoms with E-state index in [4.69, 9.17) is 15.6 Å². The standard InChI is InChI=1S/C10H17N3O2S/c1-15-8-9(11)12-16-10(8)13-4-2-7(6-14)3-5-13/h7,14H,2-6H2,1H3,(H2,11,12). The molecule has 1 saturated heterocycles. The normalized spacial score (nSPS) is 17.8. The van der Waals surface area contributed by atoms with Gasteiger partial charge in [-0.2, -0.15) is 4.37 Å². The van der Waals surface area contributed by atoms with Crippen LogP contribution in [0.2, 0.25) is 0 Å². The minimum absolute atomic E-state index is 0.288. The number of nitrogens with two attached hydrogens (primary N) is 1. The second-order valence-corrected chi connectivity index (χ2v) is 4.77. The molecular weight excluding hydrogens is 226 g/mol. The zero-order valence-electron chi connectivity index (χ0n) is 9.35. The fourth-order valence-corrected chi connectivity index (χ4v) is 2.83. The first-order valence-electron chi connectivity index (χ1n) is 5.41. The summed E-state index contributed by atoms with van der Waals surface area (Å²) >= 11 is 1.38. The third-order valence-electron chi connectivity index (χ3n) is 3.02. The van der Waals surface area contributed by atoms with Crippen LogP contribution in [0.25, 0.3) is 0 Å². The summed E-state index contributed by atoms with van der Waals surface area (Å²) in [5.41, 5.74) is 5.72. The van der Waals surface area contributed by atoms with Gasteiger partial charge < -0.3 is 20.5 Å². The number of hydrogen-bond donors (Lipinski definition) is 2. The molecule has 0 bridgehead atoms. The Kier molecular flexibility index (Phi) is 3.50. The van der Waals surface area contributed by atoms with Gasteiger partial charge in [-0.1, -0.05) is 0 Å². The predicted octanol–water partition coefficient (Wildman–Crippen LogP) is 0.943. The van der Waals surface area contributed by atoms with Crippen molar-refractivity contribution >= 4 is 22.4 Å². The number of ether oxygens (including phenoxy) is 1. The maximum absolute atomic E-state index is 9.08. The number of anilines is 2. The molecule has 1 aliphatic heterocycles. The van der Waals surface area contributed by atoms with E-state index in [9.17, 15) is 0 Å². The number of hydrogen-bond acceptors (Lipinski definition) is 6. The van der Waals surface area contributed by atoms with Crippen LogP contribution in [0.1, 0.15) is 12.8 Å². The van der Waals surface area contributed by atoms with Crippen LogP contribution < -0.4 is 15.4 Å². The van der Waals surface area contributed by atoms with Gasteiger partial charge in [-0.25, -0.2) is 0 Å². The van der Waals surface area contributed by atoms with Crippen molar-refractivity contribution in [1.29, 1.82) is 0 Å². The van der Waals surface area contributed by atoms with Crippen LogP contribution in [0.15, 0.2) is 0 Å². The molecule has 1 aliphatic rings. The van der Waals surface area contributed by atoms with Crippen molar-refractivity contribution in [3.05, 3.63) is 0 Å². The van der Waals surface area contributed by atoms with E-state index in [2.05, 4.69) is 9.27 Å².